The zero-order valence-electron chi connectivity index (χ0n) is 21.1. The summed E-state index contributed by atoms with van der Waals surface area (Å²) < 4.78 is 0. The second-order valence-corrected chi connectivity index (χ2v) is 9.75. The normalized spacial score (nSPS) is 12.7. The second kappa shape index (κ2) is 11.3. The van der Waals surface area contributed by atoms with Gasteiger partial charge in [-0.15, -0.1) is 0 Å². The van der Waals surface area contributed by atoms with E-state index in [9.17, 15) is 0 Å². The molecule has 0 amide bonds. The summed E-state index contributed by atoms with van der Waals surface area (Å²) in [5, 5.41) is 3.68. The second-order valence-electron chi connectivity index (χ2n) is 9.75. The summed E-state index contributed by atoms with van der Waals surface area (Å²) in [6.45, 7) is 20.9. The topological polar surface area (TPSA) is 24.4 Å². The van der Waals surface area contributed by atoms with Gasteiger partial charge in [0.15, 0.2) is 0 Å². The van der Waals surface area contributed by atoms with Gasteiger partial charge in [0.25, 0.3) is 0 Å². The Morgan fingerprint density at radius 2 is 1.16 bits per heavy atom. The highest BCUT2D eigenvalue weighted by atomic mass is 14.9. The van der Waals surface area contributed by atoms with Crippen molar-refractivity contribution in [3.05, 3.63) is 70.8 Å². The molecule has 2 rings (SSSR count). The molecular formula is C29H42N2. The number of nitrogens with zero attached hydrogens (tertiary/aromatic N) is 1. The highest BCUT2D eigenvalue weighted by Crippen LogP contribution is 2.35. The van der Waals surface area contributed by atoms with Crippen LogP contribution in [0.3, 0.4) is 0 Å². The lowest BCUT2D eigenvalue weighted by Gasteiger charge is -2.20. The monoisotopic (exact) mass is 418 g/mol. The van der Waals surface area contributed by atoms with E-state index in [2.05, 4.69) is 116 Å². The molecule has 0 heterocycles. The Hall–Kier alpha value is -2.35. The molecule has 0 aliphatic rings. The van der Waals surface area contributed by atoms with Gasteiger partial charge in [0, 0.05) is 17.9 Å². The summed E-state index contributed by atoms with van der Waals surface area (Å²) in [7, 11) is 0. The van der Waals surface area contributed by atoms with Crippen LogP contribution in [0.25, 0.3) is 0 Å². The van der Waals surface area contributed by atoms with Crippen LogP contribution in [-0.2, 0) is 0 Å². The molecule has 0 radical (unpaired) electrons. The fourth-order valence-electron chi connectivity index (χ4n) is 4.00. The highest BCUT2D eigenvalue weighted by molar-refractivity contribution is 5.95. The fraction of sp³-hybridized carbons (Fsp3) is 0.483. The molecule has 0 atom stereocenters. The molecule has 31 heavy (non-hydrogen) atoms. The Morgan fingerprint density at radius 1 is 0.742 bits per heavy atom. The molecule has 2 aromatic carbocycles. The molecule has 168 valence electrons. The van der Waals surface area contributed by atoms with Crippen molar-refractivity contribution in [3.8, 4) is 0 Å². The maximum Gasteiger partial charge on any atom is 0.0701 e. The predicted molar refractivity (Wildman–Crippen MR) is 140 cm³/mol. The van der Waals surface area contributed by atoms with Crippen molar-refractivity contribution in [1.82, 2.24) is 0 Å². The van der Waals surface area contributed by atoms with Crippen molar-refractivity contribution >= 4 is 17.1 Å². The number of allylic oxidation sites excluding steroid dienone is 1. The van der Waals surface area contributed by atoms with Gasteiger partial charge >= 0.3 is 0 Å². The molecule has 2 heteroatoms. The van der Waals surface area contributed by atoms with Gasteiger partial charge in [-0.3, -0.25) is 4.99 Å². The van der Waals surface area contributed by atoms with Crippen molar-refractivity contribution in [2.45, 2.75) is 86.0 Å². The number of benzene rings is 2. The van der Waals surface area contributed by atoms with E-state index >= 15 is 0 Å². The molecule has 0 saturated heterocycles. The quantitative estimate of drug-likeness (QED) is 0.404. The smallest absolute Gasteiger partial charge is 0.0701 e. The number of aliphatic imine (C=N–C) groups is 1. The zero-order chi connectivity index (χ0) is 23.1. The van der Waals surface area contributed by atoms with Crippen molar-refractivity contribution in [2.24, 2.45) is 4.99 Å². The minimum atomic E-state index is 0.456. The van der Waals surface area contributed by atoms with E-state index in [1.807, 2.05) is 0 Å². The van der Waals surface area contributed by atoms with Gasteiger partial charge in [0.2, 0.25) is 0 Å². The Balaban J connectivity index is 2.24. The number of nitrogens with one attached hydrogen (secondary N) is 1. The number of rotatable bonds is 9. The molecule has 0 spiro atoms. The maximum atomic E-state index is 5.04. The van der Waals surface area contributed by atoms with Crippen LogP contribution in [0.15, 0.2) is 53.5 Å². The molecule has 1 N–H and O–H groups in total. The largest absolute Gasteiger partial charge is 0.381 e. The lowest BCUT2D eigenvalue weighted by molar-refractivity contribution is 0.834. The summed E-state index contributed by atoms with van der Waals surface area (Å²) in [4.78, 5) is 5.04. The van der Waals surface area contributed by atoms with Crippen LogP contribution in [0, 0.1) is 0 Å². The van der Waals surface area contributed by atoms with E-state index in [1.54, 1.807) is 0 Å². The minimum absolute atomic E-state index is 0.456. The Labute approximate surface area is 190 Å². The van der Waals surface area contributed by atoms with Crippen LogP contribution in [-0.4, -0.2) is 12.3 Å². The number of anilines is 1. The van der Waals surface area contributed by atoms with Crippen molar-refractivity contribution in [3.63, 3.8) is 0 Å². The molecule has 0 aliphatic carbocycles. The van der Waals surface area contributed by atoms with Crippen LogP contribution >= 0.6 is 0 Å². The lowest BCUT2D eigenvalue weighted by Crippen LogP contribution is -2.07. The molecule has 0 unspecified atom stereocenters. The molecule has 0 fully saturated rings. The van der Waals surface area contributed by atoms with Gasteiger partial charge in [0.1, 0.15) is 0 Å². The van der Waals surface area contributed by atoms with Gasteiger partial charge in [0.05, 0.1) is 5.69 Å². The first-order valence-electron chi connectivity index (χ1n) is 11.8. The first-order chi connectivity index (χ1) is 14.6. The van der Waals surface area contributed by atoms with Crippen LogP contribution < -0.4 is 5.32 Å². The third kappa shape index (κ3) is 6.56. The first kappa shape index (κ1) is 24.9. The molecular weight excluding hydrogens is 376 g/mol. The number of hydrogen-bond acceptors (Lipinski definition) is 2. The summed E-state index contributed by atoms with van der Waals surface area (Å²) >= 11 is 0. The Kier molecular flexibility index (Phi) is 9.10. The van der Waals surface area contributed by atoms with E-state index in [4.69, 9.17) is 4.99 Å². The van der Waals surface area contributed by atoms with Gasteiger partial charge in [-0.25, -0.2) is 0 Å². The predicted octanol–water partition coefficient (Wildman–Crippen LogP) is 8.94. The van der Waals surface area contributed by atoms with E-state index in [1.165, 1.54) is 27.9 Å². The Bertz CT molecular complexity index is 862. The van der Waals surface area contributed by atoms with Crippen molar-refractivity contribution in [2.75, 3.05) is 11.9 Å². The number of para-hydroxylation sites is 2. The Morgan fingerprint density at radius 3 is 1.58 bits per heavy atom. The highest BCUT2D eigenvalue weighted by Gasteiger charge is 2.14. The fourth-order valence-corrected chi connectivity index (χ4v) is 4.00. The van der Waals surface area contributed by atoms with Crippen LogP contribution in [0.2, 0.25) is 0 Å². The van der Waals surface area contributed by atoms with Gasteiger partial charge in [-0.05, 0) is 58.9 Å². The number of hydrogen-bond donors (Lipinski definition) is 1. The van der Waals surface area contributed by atoms with E-state index in [0.717, 1.165) is 17.9 Å². The van der Waals surface area contributed by atoms with Gasteiger partial charge < -0.3 is 5.32 Å². The third-order valence-electron chi connectivity index (χ3n) is 5.76. The average Bonchev–Trinajstić information content (AvgIpc) is 2.70. The van der Waals surface area contributed by atoms with E-state index in [-0.39, 0.29) is 0 Å². The molecule has 2 nitrogen and oxygen atoms in total. The molecule has 0 aliphatic heterocycles. The molecule has 2 aromatic rings. The zero-order valence-corrected chi connectivity index (χ0v) is 21.1. The van der Waals surface area contributed by atoms with E-state index in [0.29, 0.717) is 23.7 Å². The standard InChI is InChI=1S/C29H42N2/c1-19(2)24-14-10-15-25(20(3)4)28(24)30-18-12-13-23(9)31-29-26(21(5)6)16-11-17-27(29)22(7)8/h10-17,19-22,30H,18H2,1-9H3/b13-12+,31-23?. The summed E-state index contributed by atoms with van der Waals surface area (Å²) in [6.07, 6.45) is 4.33. The van der Waals surface area contributed by atoms with E-state index < -0.39 is 0 Å². The van der Waals surface area contributed by atoms with Crippen LogP contribution in [0.5, 0.6) is 0 Å². The van der Waals surface area contributed by atoms with Gasteiger partial charge in [-0.1, -0.05) is 97.9 Å². The van der Waals surface area contributed by atoms with Crippen molar-refractivity contribution < 1.29 is 0 Å². The SMILES string of the molecule is CC(/C=C/CNc1c(C(C)C)cccc1C(C)C)=Nc1c(C(C)C)cccc1C(C)C. The minimum Gasteiger partial charge on any atom is -0.381 e. The van der Waals surface area contributed by atoms with Crippen LogP contribution in [0.4, 0.5) is 11.4 Å². The molecule has 0 saturated carbocycles. The first-order valence-corrected chi connectivity index (χ1v) is 11.8. The maximum absolute atomic E-state index is 5.04. The van der Waals surface area contributed by atoms with Crippen LogP contribution in [0.1, 0.15) is 108 Å². The third-order valence-corrected chi connectivity index (χ3v) is 5.76. The molecule has 0 bridgehead atoms. The average molecular weight is 419 g/mol. The summed E-state index contributed by atoms with van der Waals surface area (Å²) in [5.41, 5.74) is 8.90. The summed E-state index contributed by atoms with van der Waals surface area (Å²) in [6, 6.07) is 13.3. The molecule has 0 aromatic heterocycles. The lowest BCUT2D eigenvalue weighted by atomic mass is 9.92. The summed E-state index contributed by atoms with van der Waals surface area (Å²) in [5.74, 6) is 1.90. The van der Waals surface area contributed by atoms with Crippen molar-refractivity contribution in [1.29, 1.82) is 0 Å². The van der Waals surface area contributed by atoms with Gasteiger partial charge in [-0.2, -0.15) is 0 Å².